The Labute approximate surface area is 197 Å². The van der Waals surface area contributed by atoms with Crippen LogP contribution in [0.4, 0.5) is 0 Å². The fourth-order valence-electron chi connectivity index (χ4n) is 4.40. The predicted molar refractivity (Wildman–Crippen MR) is 127 cm³/mol. The summed E-state index contributed by atoms with van der Waals surface area (Å²) in [5.74, 6) is 0.365. The van der Waals surface area contributed by atoms with Gasteiger partial charge < -0.3 is 14.8 Å². The quantitative estimate of drug-likeness (QED) is 0.513. The summed E-state index contributed by atoms with van der Waals surface area (Å²) in [7, 11) is 0. The van der Waals surface area contributed by atoms with Gasteiger partial charge in [0.25, 0.3) is 5.91 Å². The molecule has 7 nitrogen and oxygen atoms in total. The highest BCUT2D eigenvalue weighted by atomic mass is 32.1. The smallest absolute Gasteiger partial charge is 0.251 e. The molecule has 0 saturated carbocycles. The monoisotopic (exact) mass is 463 g/mol. The normalized spacial score (nSPS) is 21.6. The number of rotatable bonds is 6. The van der Waals surface area contributed by atoms with Gasteiger partial charge in [0.1, 0.15) is 5.92 Å². The van der Waals surface area contributed by atoms with Crippen molar-refractivity contribution in [2.24, 2.45) is 10.9 Å². The van der Waals surface area contributed by atoms with Gasteiger partial charge in [-0.1, -0.05) is 23.8 Å². The molecule has 0 bridgehead atoms. The fourth-order valence-corrected chi connectivity index (χ4v) is 4.66. The second kappa shape index (κ2) is 9.31. The molecule has 1 fully saturated rings. The lowest BCUT2D eigenvalue weighted by Gasteiger charge is -2.30. The number of hydrogen-bond donors (Lipinski definition) is 1. The first-order chi connectivity index (χ1) is 16.1. The van der Waals surface area contributed by atoms with Crippen molar-refractivity contribution in [1.82, 2.24) is 10.2 Å². The number of carbonyl (C=O) groups excluding carboxylic acids is 2. The Kier molecular flexibility index (Phi) is 6.09. The van der Waals surface area contributed by atoms with E-state index in [1.807, 2.05) is 12.1 Å². The van der Waals surface area contributed by atoms with Gasteiger partial charge in [-0.25, -0.2) is 4.99 Å². The summed E-state index contributed by atoms with van der Waals surface area (Å²) >= 11 is 5.39. The first-order valence-electron chi connectivity index (χ1n) is 11.3. The lowest BCUT2D eigenvalue weighted by atomic mass is 9.93. The summed E-state index contributed by atoms with van der Waals surface area (Å²) in [6, 6.07) is 7.24. The van der Waals surface area contributed by atoms with E-state index in [1.54, 1.807) is 24.3 Å². The van der Waals surface area contributed by atoms with Gasteiger partial charge >= 0.3 is 0 Å². The molecule has 5 rings (SSSR count). The number of ether oxygens (including phenoxy) is 2. The van der Waals surface area contributed by atoms with E-state index in [9.17, 15) is 9.59 Å². The number of carbonyl (C=O) groups is 2. The average Bonchev–Trinajstić information content (AvgIpc) is 3.29. The molecule has 1 saturated heterocycles. The Balaban J connectivity index is 1.20. The summed E-state index contributed by atoms with van der Waals surface area (Å²) in [5, 5.41) is 3.21. The molecule has 1 atom stereocenters. The number of benzene rings is 1. The van der Waals surface area contributed by atoms with Crippen LogP contribution in [0.3, 0.4) is 0 Å². The summed E-state index contributed by atoms with van der Waals surface area (Å²) in [6.45, 7) is 1.07. The van der Waals surface area contributed by atoms with Gasteiger partial charge in [-0.2, -0.15) is 0 Å². The maximum atomic E-state index is 13.1. The summed E-state index contributed by atoms with van der Waals surface area (Å²) in [5.41, 5.74) is 3.48. The standard InChI is InChI=1S/C25H25N3O4S/c29-23(26-11-10-16-4-2-1-3-5-16)18-8-6-17(7-9-18)14-28-24(30)19-12-21-22(32-15-31-21)13-20(19)27-25(28)33/h4,6-9,12-13,19H,1-3,5,10-11,14-15H2,(H,26,29). The van der Waals surface area contributed by atoms with Crippen molar-refractivity contribution in [2.45, 2.75) is 38.6 Å². The number of amides is 2. The molecule has 0 spiro atoms. The summed E-state index contributed by atoms with van der Waals surface area (Å²) < 4.78 is 10.8. The molecule has 1 N–H and O–H groups in total. The van der Waals surface area contributed by atoms with Crippen molar-refractivity contribution in [2.75, 3.05) is 13.3 Å². The molecule has 4 aliphatic rings. The Bertz CT molecular complexity index is 1120. The molecular formula is C25H25N3O4S. The van der Waals surface area contributed by atoms with Crippen LogP contribution < -0.4 is 5.32 Å². The zero-order chi connectivity index (χ0) is 22.8. The van der Waals surface area contributed by atoms with Gasteiger partial charge in [-0.3, -0.25) is 14.5 Å². The van der Waals surface area contributed by atoms with Gasteiger partial charge in [-0.15, -0.1) is 0 Å². The van der Waals surface area contributed by atoms with E-state index < -0.39 is 5.92 Å². The number of nitrogens with zero attached hydrogens (tertiary/aromatic N) is 2. The minimum absolute atomic E-state index is 0.0908. The third kappa shape index (κ3) is 4.61. The number of thiocarbonyl (C=S) groups is 1. The van der Waals surface area contributed by atoms with Crippen LogP contribution in [-0.4, -0.2) is 40.9 Å². The topological polar surface area (TPSA) is 80.2 Å². The number of allylic oxidation sites excluding steroid dienone is 2. The van der Waals surface area contributed by atoms with Gasteiger partial charge in [0, 0.05) is 18.2 Å². The van der Waals surface area contributed by atoms with E-state index in [1.165, 1.54) is 23.3 Å². The second-order valence-electron chi connectivity index (χ2n) is 8.48. The van der Waals surface area contributed by atoms with Crippen LogP contribution in [0.1, 0.15) is 48.0 Å². The molecule has 33 heavy (non-hydrogen) atoms. The van der Waals surface area contributed by atoms with Crippen molar-refractivity contribution in [3.63, 3.8) is 0 Å². The molecule has 170 valence electrons. The SMILES string of the molecule is O=C(NCCC1=CCCCC1)c1ccc(CN2C(=O)C3C=C4OCOC4=CC3=NC2=S)cc1. The lowest BCUT2D eigenvalue weighted by molar-refractivity contribution is -0.129. The molecule has 2 heterocycles. The van der Waals surface area contributed by atoms with Gasteiger partial charge in [0.2, 0.25) is 17.8 Å². The van der Waals surface area contributed by atoms with E-state index in [2.05, 4.69) is 16.4 Å². The van der Waals surface area contributed by atoms with Gasteiger partial charge in [0.05, 0.1) is 12.3 Å². The van der Waals surface area contributed by atoms with Crippen LogP contribution >= 0.6 is 12.2 Å². The van der Waals surface area contributed by atoms with E-state index in [0.717, 1.165) is 24.8 Å². The third-order valence-corrected chi connectivity index (χ3v) is 6.56. The lowest BCUT2D eigenvalue weighted by Crippen LogP contribution is -2.45. The highest BCUT2D eigenvalue weighted by Crippen LogP contribution is 2.31. The number of hydrogen-bond acceptors (Lipinski definition) is 5. The molecule has 8 heteroatoms. The molecule has 2 aliphatic carbocycles. The Morgan fingerprint density at radius 3 is 2.79 bits per heavy atom. The third-order valence-electron chi connectivity index (χ3n) is 6.25. The van der Waals surface area contributed by atoms with Gasteiger partial charge in [0.15, 0.2) is 11.5 Å². The highest BCUT2D eigenvalue weighted by molar-refractivity contribution is 7.80. The van der Waals surface area contributed by atoms with Crippen molar-refractivity contribution in [3.8, 4) is 0 Å². The Morgan fingerprint density at radius 2 is 2.00 bits per heavy atom. The molecule has 1 unspecified atom stereocenters. The number of aliphatic imine (C=N–C) groups is 1. The van der Waals surface area contributed by atoms with E-state index >= 15 is 0 Å². The molecule has 0 aromatic heterocycles. The van der Waals surface area contributed by atoms with Crippen LogP contribution in [0.2, 0.25) is 0 Å². The van der Waals surface area contributed by atoms with Crippen molar-refractivity contribution >= 4 is 34.9 Å². The molecule has 2 amide bonds. The van der Waals surface area contributed by atoms with Crippen LogP contribution in [0.5, 0.6) is 0 Å². The zero-order valence-electron chi connectivity index (χ0n) is 18.2. The number of nitrogens with one attached hydrogen (secondary N) is 1. The first-order valence-corrected chi connectivity index (χ1v) is 11.7. The summed E-state index contributed by atoms with van der Waals surface area (Å²) in [6.07, 6.45) is 11.5. The van der Waals surface area contributed by atoms with Crippen LogP contribution in [-0.2, 0) is 20.8 Å². The maximum absolute atomic E-state index is 13.1. The van der Waals surface area contributed by atoms with Crippen LogP contribution in [0.15, 0.2) is 64.6 Å². The van der Waals surface area contributed by atoms with Crippen molar-refractivity contribution in [3.05, 3.63) is 70.7 Å². The zero-order valence-corrected chi connectivity index (χ0v) is 19.0. The highest BCUT2D eigenvalue weighted by Gasteiger charge is 2.38. The minimum atomic E-state index is -0.540. The molecule has 2 aliphatic heterocycles. The average molecular weight is 464 g/mol. The van der Waals surface area contributed by atoms with Crippen LogP contribution in [0.25, 0.3) is 0 Å². The van der Waals surface area contributed by atoms with E-state index in [0.29, 0.717) is 29.3 Å². The molecule has 1 aromatic rings. The second-order valence-corrected chi connectivity index (χ2v) is 8.84. The summed E-state index contributed by atoms with van der Waals surface area (Å²) in [4.78, 5) is 31.5. The largest absolute Gasteiger partial charge is 0.454 e. The first kappa shape index (κ1) is 21.6. The molecule has 1 aromatic carbocycles. The van der Waals surface area contributed by atoms with E-state index in [4.69, 9.17) is 21.7 Å². The number of fused-ring (bicyclic) bond motifs is 2. The Morgan fingerprint density at radius 1 is 1.18 bits per heavy atom. The fraction of sp³-hybridized carbons (Fsp3) is 0.360. The maximum Gasteiger partial charge on any atom is 0.251 e. The molecule has 0 radical (unpaired) electrons. The predicted octanol–water partition coefficient (Wildman–Crippen LogP) is 3.78. The Hall–Kier alpha value is -3.26. The van der Waals surface area contributed by atoms with Crippen molar-refractivity contribution < 1.29 is 19.1 Å². The van der Waals surface area contributed by atoms with Crippen LogP contribution in [0, 0.1) is 5.92 Å². The molecular weight excluding hydrogens is 438 g/mol. The minimum Gasteiger partial charge on any atom is -0.454 e. The van der Waals surface area contributed by atoms with Crippen molar-refractivity contribution in [1.29, 1.82) is 0 Å². The van der Waals surface area contributed by atoms with Gasteiger partial charge in [-0.05, 0) is 68.1 Å². The van der Waals surface area contributed by atoms with E-state index in [-0.39, 0.29) is 30.3 Å².